The summed E-state index contributed by atoms with van der Waals surface area (Å²) in [5, 5.41) is 5.12. The zero-order chi connectivity index (χ0) is 21.1. The summed E-state index contributed by atoms with van der Waals surface area (Å²) in [6.07, 6.45) is 0. The van der Waals surface area contributed by atoms with Gasteiger partial charge in [0.2, 0.25) is 0 Å². The minimum absolute atomic E-state index is 0.256. The van der Waals surface area contributed by atoms with Crippen LogP contribution in [0.3, 0.4) is 0 Å². The number of aryl methyl sites for hydroxylation is 2. The summed E-state index contributed by atoms with van der Waals surface area (Å²) < 4.78 is 0. The monoisotopic (exact) mass is 393 g/mol. The van der Waals surface area contributed by atoms with Gasteiger partial charge in [-0.25, -0.2) is 10.4 Å². The number of benzene rings is 3. The number of carbonyl (C=O) groups excluding carboxylic acids is 1. The molecule has 0 aliphatic heterocycles. The summed E-state index contributed by atoms with van der Waals surface area (Å²) in [7, 11) is 0. The van der Waals surface area contributed by atoms with Crippen LogP contribution in [0.4, 0.5) is 0 Å². The van der Waals surface area contributed by atoms with Gasteiger partial charge in [-0.2, -0.15) is 5.10 Å². The second-order valence-corrected chi connectivity index (χ2v) is 7.44. The molecule has 4 rings (SSSR count). The van der Waals surface area contributed by atoms with Gasteiger partial charge in [0.25, 0.3) is 5.91 Å². The highest BCUT2D eigenvalue weighted by Gasteiger charge is 2.14. The topological polar surface area (TPSA) is 54.4 Å². The van der Waals surface area contributed by atoms with Gasteiger partial charge in [-0.15, -0.1) is 0 Å². The normalized spacial score (nSPS) is 11.5. The lowest BCUT2D eigenvalue weighted by atomic mass is 10.0. The van der Waals surface area contributed by atoms with E-state index in [9.17, 15) is 4.79 Å². The Bertz CT molecular complexity index is 1240. The third-order valence-corrected chi connectivity index (χ3v) is 5.10. The molecular weight excluding hydrogens is 370 g/mol. The largest absolute Gasteiger partial charge is 0.272 e. The number of para-hydroxylation sites is 1. The molecule has 0 aliphatic rings. The Morgan fingerprint density at radius 1 is 0.867 bits per heavy atom. The number of hydrazone groups is 1. The Kier molecular flexibility index (Phi) is 5.40. The summed E-state index contributed by atoms with van der Waals surface area (Å²) in [5.41, 5.74) is 9.86. The molecule has 4 nitrogen and oxygen atoms in total. The smallest absolute Gasteiger partial charge is 0.267 e. The van der Waals surface area contributed by atoms with Crippen molar-refractivity contribution >= 4 is 22.5 Å². The van der Waals surface area contributed by atoms with Gasteiger partial charge in [-0.3, -0.25) is 4.79 Å². The van der Waals surface area contributed by atoms with Gasteiger partial charge >= 0.3 is 0 Å². The van der Waals surface area contributed by atoms with Crippen LogP contribution in [0.5, 0.6) is 0 Å². The molecule has 0 saturated carbocycles. The van der Waals surface area contributed by atoms with Crippen molar-refractivity contribution in [1.29, 1.82) is 0 Å². The minimum Gasteiger partial charge on any atom is -0.267 e. The number of amides is 1. The van der Waals surface area contributed by atoms with E-state index in [1.54, 1.807) is 0 Å². The molecule has 0 spiro atoms. The van der Waals surface area contributed by atoms with Crippen molar-refractivity contribution in [2.45, 2.75) is 20.8 Å². The van der Waals surface area contributed by atoms with Crippen LogP contribution in [0.15, 0.2) is 84.0 Å². The van der Waals surface area contributed by atoms with Gasteiger partial charge in [-0.05, 0) is 38.5 Å². The Hall–Kier alpha value is -3.79. The minimum atomic E-state index is -0.256. The Labute approximate surface area is 176 Å². The molecule has 0 saturated heterocycles. The first-order valence-electron chi connectivity index (χ1n) is 9.90. The average Bonchev–Trinajstić information content (AvgIpc) is 2.77. The zero-order valence-electron chi connectivity index (χ0n) is 17.3. The van der Waals surface area contributed by atoms with Crippen molar-refractivity contribution in [2.24, 2.45) is 5.10 Å². The highest BCUT2D eigenvalue weighted by Crippen LogP contribution is 2.25. The standard InChI is InChI=1S/C26H23N3O/c1-17-8-12-20(13-9-17)19(3)28-29-26(30)23-16-25(21-14-10-18(2)11-15-21)27-24-7-5-4-6-22(23)24/h4-16H,1-3H3,(H,29,30). The SMILES string of the molecule is CC(=NNC(=O)c1cc(-c2ccc(C)cc2)nc2ccccc12)c1ccc(C)cc1. The highest BCUT2D eigenvalue weighted by molar-refractivity contribution is 6.08. The van der Waals surface area contributed by atoms with Crippen LogP contribution >= 0.6 is 0 Å². The number of rotatable bonds is 4. The number of aromatic nitrogens is 1. The van der Waals surface area contributed by atoms with Gasteiger partial charge in [0, 0.05) is 10.9 Å². The van der Waals surface area contributed by atoms with Gasteiger partial charge in [0.05, 0.1) is 22.5 Å². The van der Waals surface area contributed by atoms with Crippen LogP contribution in [-0.2, 0) is 0 Å². The van der Waals surface area contributed by atoms with Crippen molar-refractivity contribution in [3.8, 4) is 11.3 Å². The number of fused-ring (bicyclic) bond motifs is 1. The zero-order valence-corrected chi connectivity index (χ0v) is 17.3. The summed E-state index contributed by atoms with van der Waals surface area (Å²) in [5.74, 6) is -0.256. The summed E-state index contributed by atoms with van der Waals surface area (Å²) >= 11 is 0. The molecule has 0 radical (unpaired) electrons. The van der Waals surface area contributed by atoms with Gasteiger partial charge in [0.15, 0.2) is 0 Å². The molecule has 30 heavy (non-hydrogen) atoms. The quantitative estimate of drug-likeness (QED) is 0.359. The number of hydrogen-bond donors (Lipinski definition) is 1. The molecule has 148 valence electrons. The Balaban J connectivity index is 1.70. The van der Waals surface area contributed by atoms with Crippen LogP contribution in [0.25, 0.3) is 22.2 Å². The first-order chi connectivity index (χ1) is 14.5. The highest BCUT2D eigenvalue weighted by atomic mass is 16.2. The van der Waals surface area contributed by atoms with Crippen molar-refractivity contribution < 1.29 is 4.79 Å². The van der Waals surface area contributed by atoms with E-state index in [1.165, 1.54) is 11.1 Å². The maximum absolute atomic E-state index is 13.0. The molecule has 0 fully saturated rings. The Morgan fingerprint density at radius 3 is 2.20 bits per heavy atom. The molecular formula is C26H23N3O. The molecule has 1 aromatic heterocycles. The van der Waals surface area contributed by atoms with Crippen LogP contribution in [-0.4, -0.2) is 16.6 Å². The first-order valence-corrected chi connectivity index (χ1v) is 9.90. The predicted molar refractivity (Wildman–Crippen MR) is 123 cm³/mol. The number of hydrogen-bond acceptors (Lipinski definition) is 3. The van der Waals surface area contributed by atoms with Crippen molar-refractivity contribution in [1.82, 2.24) is 10.4 Å². The number of carbonyl (C=O) groups is 1. The second-order valence-electron chi connectivity index (χ2n) is 7.44. The molecule has 4 heteroatoms. The van der Waals surface area contributed by atoms with E-state index >= 15 is 0 Å². The number of nitrogens with zero attached hydrogens (tertiary/aromatic N) is 2. The molecule has 0 atom stereocenters. The molecule has 3 aromatic carbocycles. The fourth-order valence-electron chi connectivity index (χ4n) is 3.29. The van der Waals surface area contributed by atoms with E-state index < -0.39 is 0 Å². The summed E-state index contributed by atoms with van der Waals surface area (Å²) in [6, 6.07) is 25.7. The maximum Gasteiger partial charge on any atom is 0.272 e. The lowest BCUT2D eigenvalue weighted by Gasteiger charge is -2.10. The van der Waals surface area contributed by atoms with E-state index in [0.29, 0.717) is 5.56 Å². The predicted octanol–water partition coefficient (Wildman–Crippen LogP) is 5.67. The van der Waals surface area contributed by atoms with Crippen LogP contribution in [0.2, 0.25) is 0 Å². The van der Waals surface area contributed by atoms with Gasteiger partial charge in [-0.1, -0.05) is 77.9 Å². The first kappa shape index (κ1) is 19.5. The van der Waals surface area contributed by atoms with Crippen LogP contribution < -0.4 is 5.43 Å². The molecule has 4 aromatic rings. The van der Waals surface area contributed by atoms with Crippen molar-refractivity contribution in [2.75, 3.05) is 0 Å². The fraction of sp³-hybridized carbons (Fsp3) is 0.115. The molecule has 1 N–H and O–H groups in total. The third kappa shape index (κ3) is 4.13. The molecule has 0 unspecified atom stereocenters. The maximum atomic E-state index is 13.0. The lowest BCUT2D eigenvalue weighted by Crippen LogP contribution is -2.20. The van der Waals surface area contributed by atoms with Crippen molar-refractivity contribution in [3.63, 3.8) is 0 Å². The Morgan fingerprint density at radius 2 is 1.50 bits per heavy atom. The molecule has 0 aliphatic carbocycles. The van der Waals surface area contributed by atoms with E-state index in [0.717, 1.165) is 33.4 Å². The van der Waals surface area contributed by atoms with Crippen LogP contribution in [0, 0.1) is 13.8 Å². The van der Waals surface area contributed by atoms with E-state index in [-0.39, 0.29) is 5.91 Å². The summed E-state index contributed by atoms with van der Waals surface area (Å²) in [4.78, 5) is 17.8. The summed E-state index contributed by atoms with van der Waals surface area (Å²) in [6.45, 7) is 5.97. The van der Waals surface area contributed by atoms with E-state index in [2.05, 4.69) is 10.5 Å². The van der Waals surface area contributed by atoms with Gasteiger partial charge in [0.1, 0.15) is 0 Å². The van der Waals surface area contributed by atoms with Crippen molar-refractivity contribution in [3.05, 3.63) is 101 Å². The lowest BCUT2D eigenvalue weighted by molar-refractivity contribution is 0.0956. The molecule has 1 heterocycles. The van der Waals surface area contributed by atoms with E-state index in [1.807, 2.05) is 99.6 Å². The molecule has 0 bridgehead atoms. The molecule has 1 amide bonds. The number of nitrogens with one attached hydrogen (secondary N) is 1. The van der Waals surface area contributed by atoms with Crippen LogP contribution in [0.1, 0.15) is 34.0 Å². The average molecular weight is 393 g/mol. The van der Waals surface area contributed by atoms with E-state index in [4.69, 9.17) is 4.98 Å². The number of pyridine rings is 1. The van der Waals surface area contributed by atoms with Gasteiger partial charge < -0.3 is 0 Å². The fourth-order valence-corrected chi connectivity index (χ4v) is 3.29. The third-order valence-electron chi connectivity index (χ3n) is 5.10. The second kappa shape index (κ2) is 8.29.